The molecule has 0 heterocycles. The lowest BCUT2D eigenvalue weighted by molar-refractivity contribution is 0.431. The Kier molecular flexibility index (Phi) is 2.19. The molecule has 70 valence electrons. The molecular weight excluding hydrogens is 169 g/mol. The van der Waals surface area contributed by atoms with Gasteiger partial charge in [-0.1, -0.05) is 6.07 Å². The van der Waals surface area contributed by atoms with Crippen LogP contribution in [-0.4, -0.2) is 11.1 Å². The normalized spacial score (nSPS) is 16.1. The Bertz CT molecular complexity index is 310. The molecule has 1 aliphatic carbocycles. The van der Waals surface area contributed by atoms with E-state index in [4.69, 9.17) is 5.11 Å². The number of phenolic OH excluding ortho intramolecular Hbond substituents is 1. The van der Waals surface area contributed by atoms with Crippen LogP contribution in [0.3, 0.4) is 0 Å². The van der Waals surface area contributed by atoms with E-state index in [0.29, 0.717) is 12.6 Å². The lowest BCUT2D eigenvalue weighted by Crippen LogP contribution is -2.15. The van der Waals surface area contributed by atoms with E-state index >= 15 is 0 Å². The zero-order chi connectivity index (χ0) is 9.26. The molecule has 1 saturated carbocycles. The SMILES string of the molecule is Oc1cc(CNC2CC2)ccc1F. The molecule has 0 atom stereocenters. The summed E-state index contributed by atoms with van der Waals surface area (Å²) >= 11 is 0. The van der Waals surface area contributed by atoms with Crippen molar-refractivity contribution in [3.05, 3.63) is 29.6 Å². The van der Waals surface area contributed by atoms with E-state index in [0.717, 1.165) is 5.56 Å². The van der Waals surface area contributed by atoms with Crippen molar-refractivity contribution in [3.8, 4) is 5.75 Å². The summed E-state index contributed by atoms with van der Waals surface area (Å²) in [5, 5.41) is 12.4. The van der Waals surface area contributed by atoms with Crippen LogP contribution in [0.2, 0.25) is 0 Å². The van der Waals surface area contributed by atoms with E-state index in [-0.39, 0.29) is 5.75 Å². The molecule has 13 heavy (non-hydrogen) atoms. The first-order valence-electron chi connectivity index (χ1n) is 4.46. The van der Waals surface area contributed by atoms with E-state index < -0.39 is 5.82 Å². The zero-order valence-electron chi connectivity index (χ0n) is 7.26. The maximum atomic E-state index is 12.6. The third kappa shape index (κ3) is 2.18. The number of hydrogen-bond acceptors (Lipinski definition) is 2. The Hall–Kier alpha value is -1.09. The number of nitrogens with one attached hydrogen (secondary N) is 1. The van der Waals surface area contributed by atoms with Gasteiger partial charge in [-0.2, -0.15) is 0 Å². The molecule has 0 radical (unpaired) electrons. The summed E-state index contributed by atoms with van der Waals surface area (Å²) in [7, 11) is 0. The highest BCUT2D eigenvalue weighted by molar-refractivity contribution is 5.28. The average Bonchev–Trinajstić information content (AvgIpc) is 2.91. The smallest absolute Gasteiger partial charge is 0.164 e. The molecule has 1 aromatic carbocycles. The molecule has 1 aromatic rings. The highest BCUT2D eigenvalue weighted by atomic mass is 19.1. The predicted molar refractivity (Wildman–Crippen MR) is 47.9 cm³/mol. The minimum Gasteiger partial charge on any atom is -0.505 e. The van der Waals surface area contributed by atoms with Gasteiger partial charge in [0.1, 0.15) is 0 Å². The first kappa shape index (κ1) is 8.51. The fourth-order valence-electron chi connectivity index (χ4n) is 1.22. The number of halogens is 1. The summed E-state index contributed by atoms with van der Waals surface area (Å²) in [6, 6.07) is 5.07. The minimum atomic E-state index is -0.560. The van der Waals surface area contributed by atoms with Crippen molar-refractivity contribution in [1.29, 1.82) is 0 Å². The molecule has 0 bridgehead atoms. The van der Waals surface area contributed by atoms with Gasteiger partial charge >= 0.3 is 0 Å². The summed E-state index contributed by atoms with van der Waals surface area (Å²) in [5.41, 5.74) is 0.922. The van der Waals surface area contributed by atoms with Crippen LogP contribution < -0.4 is 5.32 Å². The fraction of sp³-hybridized carbons (Fsp3) is 0.400. The molecule has 0 spiro atoms. The second-order valence-corrected chi connectivity index (χ2v) is 3.44. The lowest BCUT2D eigenvalue weighted by atomic mass is 10.2. The molecule has 0 amide bonds. The zero-order valence-corrected chi connectivity index (χ0v) is 7.26. The van der Waals surface area contributed by atoms with Crippen LogP contribution in [0.1, 0.15) is 18.4 Å². The van der Waals surface area contributed by atoms with Crippen molar-refractivity contribution < 1.29 is 9.50 Å². The van der Waals surface area contributed by atoms with Crippen molar-refractivity contribution in [2.24, 2.45) is 0 Å². The first-order chi connectivity index (χ1) is 6.25. The van der Waals surface area contributed by atoms with Crippen molar-refractivity contribution in [2.75, 3.05) is 0 Å². The Labute approximate surface area is 76.4 Å². The summed E-state index contributed by atoms with van der Waals surface area (Å²) in [6.07, 6.45) is 2.46. The molecular formula is C10H12FNO. The number of aromatic hydroxyl groups is 1. The van der Waals surface area contributed by atoms with Crippen LogP contribution in [0.25, 0.3) is 0 Å². The minimum absolute atomic E-state index is 0.268. The van der Waals surface area contributed by atoms with Gasteiger partial charge in [0.15, 0.2) is 11.6 Å². The van der Waals surface area contributed by atoms with Crippen LogP contribution in [0.4, 0.5) is 4.39 Å². The highest BCUT2D eigenvalue weighted by Gasteiger charge is 2.19. The van der Waals surface area contributed by atoms with Gasteiger partial charge in [0.2, 0.25) is 0 Å². The second-order valence-electron chi connectivity index (χ2n) is 3.44. The molecule has 1 aliphatic rings. The highest BCUT2D eigenvalue weighted by Crippen LogP contribution is 2.21. The number of hydrogen-bond donors (Lipinski definition) is 2. The topological polar surface area (TPSA) is 32.3 Å². The van der Waals surface area contributed by atoms with Gasteiger partial charge in [-0.05, 0) is 30.5 Å². The summed E-state index contributed by atoms with van der Waals surface area (Å²) in [5.74, 6) is -0.828. The van der Waals surface area contributed by atoms with Gasteiger partial charge < -0.3 is 10.4 Å². The van der Waals surface area contributed by atoms with Crippen molar-refractivity contribution in [1.82, 2.24) is 5.32 Å². The third-order valence-electron chi connectivity index (χ3n) is 2.18. The molecule has 1 fully saturated rings. The standard InChI is InChI=1S/C10H12FNO/c11-9-4-1-7(5-10(9)13)6-12-8-2-3-8/h1,4-5,8,12-13H,2-3,6H2. The van der Waals surface area contributed by atoms with E-state index in [9.17, 15) is 4.39 Å². The molecule has 2 nitrogen and oxygen atoms in total. The number of benzene rings is 1. The Morgan fingerprint density at radius 2 is 2.23 bits per heavy atom. The Morgan fingerprint density at radius 1 is 1.46 bits per heavy atom. The van der Waals surface area contributed by atoms with Crippen LogP contribution in [0.15, 0.2) is 18.2 Å². The molecule has 0 aromatic heterocycles. The fourth-order valence-corrected chi connectivity index (χ4v) is 1.22. The first-order valence-corrected chi connectivity index (χ1v) is 4.46. The van der Waals surface area contributed by atoms with E-state index in [1.165, 1.54) is 25.0 Å². The van der Waals surface area contributed by atoms with Crippen LogP contribution in [-0.2, 0) is 6.54 Å². The Morgan fingerprint density at radius 3 is 2.85 bits per heavy atom. The molecule has 0 saturated heterocycles. The van der Waals surface area contributed by atoms with Crippen LogP contribution in [0.5, 0.6) is 5.75 Å². The van der Waals surface area contributed by atoms with E-state index in [1.807, 2.05) is 0 Å². The lowest BCUT2D eigenvalue weighted by Gasteiger charge is -2.03. The second kappa shape index (κ2) is 3.34. The summed E-state index contributed by atoms with van der Waals surface area (Å²) in [4.78, 5) is 0. The molecule has 2 rings (SSSR count). The van der Waals surface area contributed by atoms with Gasteiger partial charge in [-0.25, -0.2) is 4.39 Å². The average molecular weight is 181 g/mol. The molecule has 2 N–H and O–H groups in total. The molecule has 0 aliphatic heterocycles. The van der Waals surface area contributed by atoms with E-state index in [2.05, 4.69) is 5.32 Å². The van der Waals surface area contributed by atoms with Crippen molar-refractivity contribution >= 4 is 0 Å². The number of phenols is 1. The van der Waals surface area contributed by atoms with Crippen LogP contribution in [0, 0.1) is 5.82 Å². The molecule has 0 unspecified atom stereocenters. The monoisotopic (exact) mass is 181 g/mol. The number of rotatable bonds is 3. The maximum absolute atomic E-state index is 12.6. The van der Waals surface area contributed by atoms with Gasteiger partial charge in [0, 0.05) is 12.6 Å². The molecule has 3 heteroatoms. The summed E-state index contributed by atoms with van der Waals surface area (Å²) in [6.45, 7) is 0.707. The van der Waals surface area contributed by atoms with E-state index in [1.54, 1.807) is 6.07 Å². The maximum Gasteiger partial charge on any atom is 0.164 e. The quantitative estimate of drug-likeness (QED) is 0.745. The van der Waals surface area contributed by atoms with Crippen molar-refractivity contribution in [2.45, 2.75) is 25.4 Å². The predicted octanol–water partition coefficient (Wildman–Crippen LogP) is 1.78. The summed E-state index contributed by atoms with van der Waals surface area (Å²) < 4.78 is 12.6. The van der Waals surface area contributed by atoms with Crippen LogP contribution >= 0.6 is 0 Å². The van der Waals surface area contributed by atoms with Gasteiger partial charge in [0.25, 0.3) is 0 Å². The van der Waals surface area contributed by atoms with Gasteiger partial charge in [0.05, 0.1) is 0 Å². The Balaban J connectivity index is 1.98. The largest absolute Gasteiger partial charge is 0.505 e. The van der Waals surface area contributed by atoms with Gasteiger partial charge in [-0.15, -0.1) is 0 Å². The van der Waals surface area contributed by atoms with Crippen molar-refractivity contribution in [3.63, 3.8) is 0 Å². The third-order valence-corrected chi connectivity index (χ3v) is 2.18. The van der Waals surface area contributed by atoms with Gasteiger partial charge in [-0.3, -0.25) is 0 Å².